The van der Waals surface area contributed by atoms with Gasteiger partial charge in [-0.2, -0.15) is 0 Å². The Morgan fingerprint density at radius 2 is 2.00 bits per heavy atom. The van der Waals surface area contributed by atoms with Crippen LogP contribution in [-0.2, 0) is 6.42 Å². The fraction of sp³-hybridized carbons (Fsp3) is 0.182. The molecule has 1 nitrogen and oxygen atoms in total. The molecule has 1 aliphatic rings. The van der Waals surface area contributed by atoms with E-state index in [4.69, 9.17) is 0 Å². The minimum absolute atomic E-state index is 1.14. The van der Waals surface area contributed by atoms with Gasteiger partial charge >= 0.3 is 0 Å². The Morgan fingerprint density at radius 3 is 2.92 bits per heavy atom. The number of nitrogens with zero attached hydrogens (tertiary/aromatic N) is 1. The van der Waals surface area contributed by atoms with E-state index >= 15 is 0 Å². The fourth-order valence-electron chi connectivity index (χ4n) is 1.81. The first-order chi connectivity index (χ1) is 5.86. The van der Waals surface area contributed by atoms with Gasteiger partial charge in [0.25, 0.3) is 0 Å². The van der Waals surface area contributed by atoms with E-state index in [1.807, 2.05) is 6.07 Å². The van der Waals surface area contributed by atoms with Crippen molar-refractivity contribution >= 4 is 10.9 Å². The third kappa shape index (κ3) is 0.658. The molecular weight excluding hydrogens is 146 g/mol. The normalized spacial score (nSPS) is 13.1. The molecule has 0 aliphatic heterocycles. The first-order valence-corrected chi connectivity index (χ1v) is 4.23. The van der Waals surface area contributed by atoms with E-state index in [0.29, 0.717) is 0 Å². The lowest BCUT2D eigenvalue weighted by molar-refractivity contribution is 1.25. The van der Waals surface area contributed by atoms with Crippen LogP contribution < -0.4 is 0 Å². The summed E-state index contributed by atoms with van der Waals surface area (Å²) in [6.45, 7) is 2.10. The first kappa shape index (κ1) is 6.18. The molecule has 0 saturated carbocycles. The summed E-state index contributed by atoms with van der Waals surface area (Å²) < 4.78 is 0. The number of benzene rings is 1. The van der Waals surface area contributed by atoms with Crippen LogP contribution in [0.3, 0.4) is 0 Å². The van der Waals surface area contributed by atoms with Crippen LogP contribution in [0.15, 0.2) is 24.3 Å². The van der Waals surface area contributed by atoms with Crippen molar-refractivity contribution in [1.29, 1.82) is 0 Å². The molecular formula is C11H9N. The zero-order valence-corrected chi connectivity index (χ0v) is 6.96. The van der Waals surface area contributed by atoms with Crippen molar-refractivity contribution in [1.82, 2.24) is 4.98 Å². The molecule has 58 valence electrons. The highest BCUT2D eigenvalue weighted by molar-refractivity contribution is 5.87. The Kier molecular flexibility index (Phi) is 0.959. The first-order valence-electron chi connectivity index (χ1n) is 4.23. The summed E-state index contributed by atoms with van der Waals surface area (Å²) in [5, 5.41) is 1.35. The van der Waals surface area contributed by atoms with Crippen molar-refractivity contribution < 1.29 is 0 Å². The molecule has 0 atom stereocenters. The molecule has 0 bridgehead atoms. The molecule has 0 fully saturated rings. The maximum absolute atomic E-state index is 4.53. The fourth-order valence-corrected chi connectivity index (χ4v) is 1.81. The van der Waals surface area contributed by atoms with E-state index < -0.39 is 0 Å². The zero-order valence-electron chi connectivity index (χ0n) is 6.96. The van der Waals surface area contributed by atoms with Gasteiger partial charge in [-0.15, -0.1) is 0 Å². The minimum Gasteiger partial charge on any atom is -0.253 e. The Labute approximate surface area is 71.1 Å². The Bertz CT molecular complexity index is 472. The van der Waals surface area contributed by atoms with Gasteiger partial charge in [-0.1, -0.05) is 18.2 Å². The van der Waals surface area contributed by atoms with Crippen LogP contribution in [0.1, 0.15) is 16.8 Å². The largest absolute Gasteiger partial charge is 0.253 e. The maximum Gasteiger partial charge on any atom is 0.0708 e. The van der Waals surface area contributed by atoms with Gasteiger partial charge in [0.1, 0.15) is 0 Å². The number of pyridine rings is 1. The molecule has 0 unspecified atom stereocenters. The van der Waals surface area contributed by atoms with Crippen molar-refractivity contribution in [3.63, 3.8) is 0 Å². The molecule has 1 heteroatoms. The number of hydrogen-bond donors (Lipinski definition) is 0. The average molecular weight is 155 g/mol. The molecule has 2 aromatic rings. The average Bonchev–Trinajstić information content (AvgIpc) is 2.84. The third-order valence-corrected chi connectivity index (χ3v) is 2.55. The van der Waals surface area contributed by atoms with Crippen molar-refractivity contribution in [2.45, 2.75) is 13.3 Å². The van der Waals surface area contributed by atoms with Crippen LogP contribution in [-0.4, -0.2) is 4.98 Å². The Morgan fingerprint density at radius 1 is 1.17 bits per heavy atom. The lowest BCUT2D eigenvalue weighted by Gasteiger charge is -1.95. The van der Waals surface area contributed by atoms with Gasteiger partial charge in [0.05, 0.1) is 5.52 Å². The van der Waals surface area contributed by atoms with Gasteiger partial charge in [-0.25, -0.2) is 0 Å². The summed E-state index contributed by atoms with van der Waals surface area (Å²) >= 11 is 0. The van der Waals surface area contributed by atoms with Gasteiger partial charge in [0.15, 0.2) is 0 Å². The van der Waals surface area contributed by atoms with Crippen LogP contribution >= 0.6 is 0 Å². The van der Waals surface area contributed by atoms with Crippen molar-refractivity contribution in [3.05, 3.63) is 41.1 Å². The second-order valence-corrected chi connectivity index (χ2v) is 3.35. The number of rotatable bonds is 0. The standard InChI is InChI=1S/C11H9N/c1-7-9-6-10(9)8-4-2-3-5-11(8)12-7/h2-5H,6H2,1H3. The molecule has 0 radical (unpaired) electrons. The molecule has 1 aromatic heterocycles. The predicted molar refractivity (Wildman–Crippen MR) is 49.3 cm³/mol. The summed E-state index contributed by atoms with van der Waals surface area (Å²) in [5.74, 6) is 0. The Balaban J connectivity index is 2.53. The van der Waals surface area contributed by atoms with Crippen LogP contribution in [0.4, 0.5) is 0 Å². The van der Waals surface area contributed by atoms with Crippen molar-refractivity contribution in [2.24, 2.45) is 0 Å². The lowest BCUT2D eigenvalue weighted by atomic mass is 10.2. The topological polar surface area (TPSA) is 12.9 Å². The highest BCUT2D eigenvalue weighted by Gasteiger charge is 2.23. The smallest absolute Gasteiger partial charge is 0.0708 e. The number of fused-ring (bicyclic) bond motifs is 3. The van der Waals surface area contributed by atoms with E-state index in [9.17, 15) is 0 Å². The van der Waals surface area contributed by atoms with Crippen LogP contribution in [0.5, 0.6) is 0 Å². The second-order valence-electron chi connectivity index (χ2n) is 3.35. The lowest BCUT2D eigenvalue weighted by Crippen LogP contribution is -1.81. The highest BCUT2D eigenvalue weighted by Crippen LogP contribution is 2.36. The molecule has 1 heterocycles. The molecule has 0 N–H and O–H groups in total. The Hall–Kier alpha value is -1.37. The summed E-state index contributed by atoms with van der Waals surface area (Å²) in [6, 6.07) is 8.37. The molecule has 0 amide bonds. The molecule has 12 heavy (non-hydrogen) atoms. The van der Waals surface area contributed by atoms with E-state index in [-0.39, 0.29) is 0 Å². The number of hydrogen-bond acceptors (Lipinski definition) is 1. The van der Waals surface area contributed by atoms with Crippen LogP contribution in [0.2, 0.25) is 0 Å². The summed E-state index contributed by atoms with van der Waals surface area (Å²) in [6.07, 6.45) is 1.16. The minimum atomic E-state index is 1.14. The van der Waals surface area contributed by atoms with Gasteiger partial charge < -0.3 is 0 Å². The third-order valence-electron chi connectivity index (χ3n) is 2.55. The molecule has 1 aliphatic carbocycles. The van der Waals surface area contributed by atoms with Crippen molar-refractivity contribution in [3.8, 4) is 0 Å². The number of aryl methyl sites for hydroxylation is 1. The highest BCUT2D eigenvalue weighted by atomic mass is 14.7. The molecule has 0 spiro atoms. The SMILES string of the molecule is Cc1nc2ccccc2c2c1C2. The van der Waals surface area contributed by atoms with Gasteiger partial charge in [0.2, 0.25) is 0 Å². The van der Waals surface area contributed by atoms with Gasteiger partial charge in [-0.05, 0) is 24.1 Å². The van der Waals surface area contributed by atoms with Crippen LogP contribution in [0.25, 0.3) is 10.9 Å². The zero-order chi connectivity index (χ0) is 8.13. The summed E-state index contributed by atoms with van der Waals surface area (Å²) in [7, 11) is 0. The second kappa shape index (κ2) is 1.86. The van der Waals surface area contributed by atoms with E-state index in [1.54, 1.807) is 0 Å². The number of para-hydroxylation sites is 1. The maximum atomic E-state index is 4.53. The van der Waals surface area contributed by atoms with E-state index in [2.05, 4.69) is 30.1 Å². The van der Waals surface area contributed by atoms with E-state index in [0.717, 1.165) is 11.9 Å². The molecule has 0 saturated heterocycles. The van der Waals surface area contributed by atoms with Crippen molar-refractivity contribution in [2.75, 3.05) is 0 Å². The van der Waals surface area contributed by atoms with Crippen LogP contribution in [0, 0.1) is 6.92 Å². The predicted octanol–water partition coefficient (Wildman–Crippen LogP) is 2.45. The van der Waals surface area contributed by atoms with E-state index in [1.165, 1.54) is 22.2 Å². The monoisotopic (exact) mass is 155 g/mol. The quantitative estimate of drug-likeness (QED) is 0.486. The van der Waals surface area contributed by atoms with Gasteiger partial charge in [0, 0.05) is 17.5 Å². The molecule has 3 rings (SSSR count). The van der Waals surface area contributed by atoms with Gasteiger partial charge in [-0.3, -0.25) is 4.98 Å². The number of aromatic nitrogens is 1. The summed E-state index contributed by atoms with van der Waals surface area (Å²) in [4.78, 5) is 4.53. The summed E-state index contributed by atoms with van der Waals surface area (Å²) in [5.41, 5.74) is 5.33. The molecule has 1 aromatic carbocycles.